The number of benzene rings is 2. The van der Waals surface area contributed by atoms with Gasteiger partial charge in [-0.3, -0.25) is 0 Å². The largest absolute Gasteiger partial charge is 0.382 e. The zero-order valence-electron chi connectivity index (χ0n) is 9.54. The maximum absolute atomic E-state index is 8.87. The maximum atomic E-state index is 8.87. The van der Waals surface area contributed by atoms with E-state index in [4.69, 9.17) is 11.0 Å². The fraction of sp³-hybridized carbons (Fsp3) is 0. The van der Waals surface area contributed by atoms with E-state index in [1.807, 2.05) is 48.5 Å². The van der Waals surface area contributed by atoms with Crippen molar-refractivity contribution >= 4 is 16.6 Å². The van der Waals surface area contributed by atoms with Crippen LogP contribution >= 0.6 is 0 Å². The van der Waals surface area contributed by atoms with E-state index in [1.54, 1.807) is 4.68 Å². The Labute approximate surface area is 104 Å². The zero-order valence-corrected chi connectivity index (χ0v) is 9.54. The molecule has 2 aromatic carbocycles. The number of hydrogen-bond acceptors (Lipinski definition) is 3. The van der Waals surface area contributed by atoms with E-state index in [2.05, 4.69) is 5.10 Å². The Hall–Kier alpha value is -2.80. The summed E-state index contributed by atoms with van der Waals surface area (Å²) in [4.78, 5) is 0. The highest BCUT2D eigenvalue weighted by Crippen LogP contribution is 2.21. The van der Waals surface area contributed by atoms with Crippen LogP contribution in [0.25, 0.3) is 16.5 Å². The Morgan fingerprint density at radius 1 is 1.11 bits per heavy atom. The summed E-state index contributed by atoms with van der Waals surface area (Å²) in [6.07, 6.45) is 1.48. The molecule has 0 atom stereocenters. The minimum absolute atomic E-state index is 0.368. The summed E-state index contributed by atoms with van der Waals surface area (Å²) in [5.41, 5.74) is 7.11. The van der Waals surface area contributed by atoms with Crippen LogP contribution in [0.5, 0.6) is 0 Å². The van der Waals surface area contributed by atoms with Crippen molar-refractivity contribution in [3.05, 3.63) is 54.2 Å². The van der Waals surface area contributed by atoms with Crippen LogP contribution in [0.4, 0.5) is 5.82 Å². The predicted octanol–water partition coefficient (Wildman–Crippen LogP) is 2.48. The van der Waals surface area contributed by atoms with Crippen molar-refractivity contribution in [3.8, 4) is 11.8 Å². The van der Waals surface area contributed by atoms with Crippen molar-refractivity contribution < 1.29 is 0 Å². The monoisotopic (exact) mass is 234 g/mol. The number of rotatable bonds is 1. The van der Waals surface area contributed by atoms with Gasteiger partial charge in [-0.25, -0.2) is 4.68 Å². The van der Waals surface area contributed by atoms with Gasteiger partial charge in [-0.05, 0) is 22.9 Å². The second-order valence-electron chi connectivity index (χ2n) is 4.00. The molecule has 1 aromatic heterocycles. The van der Waals surface area contributed by atoms with Gasteiger partial charge in [0.15, 0.2) is 0 Å². The van der Waals surface area contributed by atoms with Crippen LogP contribution in [0.15, 0.2) is 48.7 Å². The molecule has 0 saturated heterocycles. The fourth-order valence-corrected chi connectivity index (χ4v) is 1.96. The third-order valence-corrected chi connectivity index (χ3v) is 2.90. The molecule has 0 fully saturated rings. The second kappa shape index (κ2) is 3.90. The first kappa shape index (κ1) is 10.4. The number of hydrogen-bond donors (Lipinski definition) is 1. The minimum atomic E-state index is 0.368. The summed E-state index contributed by atoms with van der Waals surface area (Å²) >= 11 is 0. The van der Waals surface area contributed by atoms with Crippen LogP contribution in [0.3, 0.4) is 0 Å². The van der Waals surface area contributed by atoms with Crippen LogP contribution in [0.2, 0.25) is 0 Å². The number of anilines is 1. The zero-order chi connectivity index (χ0) is 12.5. The number of nitrogen functional groups attached to an aromatic ring is 1. The second-order valence-corrected chi connectivity index (χ2v) is 4.00. The van der Waals surface area contributed by atoms with Gasteiger partial charge in [0.05, 0.1) is 11.9 Å². The molecule has 0 spiro atoms. The Morgan fingerprint density at radius 3 is 2.61 bits per heavy atom. The molecule has 0 saturated carbocycles. The van der Waals surface area contributed by atoms with Gasteiger partial charge in [-0.15, -0.1) is 0 Å². The number of nitriles is 1. The first-order chi connectivity index (χ1) is 8.79. The Bertz CT molecular complexity index is 765. The summed E-state index contributed by atoms with van der Waals surface area (Å²) in [5.74, 6) is 0.368. The number of fused-ring (bicyclic) bond motifs is 1. The van der Waals surface area contributed by atoms with E-state index >= 15 is 0 Å². The Kier molecular flexibility index (Phi) is 2.24. The molecule has 3 aromatic rings. The molecular weight excluding hydrogens is 224 g/mol. The minimum Gasteiger partial charge on any atom is -0.382 e. The van der Waals surface area contributed by atoms with E-state index in [0.717, 1.165) is 16.5 Å². The molecule has 86 valence electrons. The van der Waals surface area contributed by atoms with Crippen LogP contribution in [0, 0.1) is 11.3 Å². The van der Waals surface area contributed by atoms with Gasteiger partial charge in [-0.1, -0.05) is 30.3 Å². The lowest BCUT2D eigenvalue weighted by molar-refractivity contribution is 0.893. The molecular formula is C14H10N4. The van der Waals surface area contributed by atoms with Crippen LogP contribution in [0.1, 0.15) is 5.56 Å². The summed E-state index contributed by atoms with van der Waals surface area (Å²) in [6, 6.07) is 16.0. The van der Waals surface area contributed by atoms with E-state index in [-0.39, 0.29) is 0 Å². The molecule has 0 aliphatic heterocycles. The molecule has 0 amide bonds. The lowest BCUT2D eigenvalue weighted by Gasteiger charge is -2.05. The normalized spacial score (nSPS) is 10.4. The van der Waals surface area contributed by atoms with Crippen LogP contribution in [-0.2, 0) is 0 Å². The molecule has 0 unspecified atom stereocenters. The average molecular weight is 234 g/mol. The summed E-state index contributed by atoms with van der Waals surface area (Å²) in [7, 11) is 0. The van der Waals surface area contributed by atoms with Gasteiger partial charge < -0.3 is 5.73 Å². The highest BCUT2D eigenvalue weighted by Gasteiger charge is 2.08. The molecule has 18 heavy (non-hydrogen) atoms. The van der Waals surface area contributed by atoms with Crippen LogP contribution < -0.4 is 5.73 Å². The van der Waals surface area contributed by atoms with E-state index in [1.165, 1.54) is 6.20 Å². The van der Waals surface area contributed by atoms with Crippen molar-refractivity contribution in [1.82, 2.24) is 9.78 Å². The van der Waals surface area contributed by atoms with Crippen molar-refractivity contribution in [3.63, 3.8) is 0 Å². The van der Waals surface area contributed by atoms with E-state index in [0.29, 0.717) is 11.4 Å². The maximum Gasteiger partial charge on any atom is 0.145 e. The highest BCUT2D eigenvalue weighted by atomic mass is 15.3. The van der Waals surface area contributed by atoms with Gasteiger partial charge in [0.25, 0.3) is 0 Å². The van der Waals surface area contributed by atoms with Gasteiger partial charge in [0.2, 0.25) is 0 Å². The molecule has 0 aliphatic rings. The van der Waals surface area contributed by atoms with Crippen molar-refractivity contribution in [1.29, 1.82) is 5.26 Å². The lowest BCUT2D eigenvalue weighted by atomic mass is 10.1. The van der Waals surface area contributed by atoms with Crippen molar-refractivity contribution in [2.75, 3.05) is 5.73 Å². The number of nitrogens with two attached hydrogens (primary N) is 1. The first-order valence-electron chi connectivity index (χ1n) is 5.52. The molecule has 1 heterocycles. The predicted molar refractivity (Wildman–Crippen MR) is 70.2 cm³/mol. The molecule has 0 aliphatic carbocycles. The average Bonchev–Trinajstić information content (AvgIpc) is 2.79. The Balaban J connectivity index is 2.20. The summed E-state index contributed by atoms with van der Waals surface area (Å²) in [6.45, 7) is 0. The third kappa shape index (κ3) is 1.50. The van der Waals surface area contributed by atoms with Crippen LogP contribution in [-0.4, -0.2) is 9.78 Å². The molecule has 3 rings (SSSR count). The highest BCUT2D eigenvalue weighted by molar-refractivity contribution is 5.84. The van der Waals surface area contributed by atoms with Gasteiger partial charge in [0.1, 0.15) is 17.5 Å². The standard InChI is InChI=1S/C14H10N4/c15-8-12-9-17-18(14(12)16)13-6-5-10-3-1-2-4-11(10)7-13/h1-7,9H,16H2. The molecule has 2 N–H and O–H groups in total. The smallest absolute Gasteiger partial charge is 0.145 e. The third-order valence-electron chi connectivity index (χ3n) is 2.90. The van der Waals surface area contributed by atoms with Crippen molar-refractivity contribution in [2.24, 2.45) is 0 Å². The van der Waals surface area contributed by atoms with Crippen molar-refractivity contribution in [2.45, 2.75) is 0 Å². The van der Waals surface area contributed by atoms with Gasteiger partial charge in [0, 0.05) is 0 Å². The molecule has 4 heteroatoms. The molecule has 4 nitrogen and oxygen atoms in total. The quantitative estimate of drug-likeness (QED) is 0.703. The SMILES string of the molecule is N#Cc1cnn(-c2ccc3ccccc3c2)c1N. The molecule has 0 radical (unpaired) electrons. The molecule has 0 bridgehead atoms. The van der Waals surface area contributed by atoms with E-state index in [9.17, 15) is 0 Å². The lowest BCUT2D eigenvalue weighted by Crippen LogP contribution is -2.02. The van der Waals surface area contributed by atoms with Gasteiger partial charge in [-0.2, -0.15) is 10.4 Å². The Morgan fingerprint density at radius 2 is 1.89 bits per heavy atom. The fourth-order valence-electron chi connectivity index (χ4n) is 1.96. The van der Waals surface area contributed by atoms with E-state index < -0.39 is 0 Å². The topological polar surface area (TPSA) is 67.6 Å². The number of nitrogens with zero attached hydrogens (tertiary/aromatic N) is 3. The summed E-state index contributed by atoms with van der Waals surface area (Å²) < 4.78 is 1.57. The number of aromatic nitrogens is 2. The summed E-state index contributed by atoms with van der Waals surface area (Å²) in [5, 5.41) is 15.3. The first-order valence-corrected chi connectivity index (χ1v) is 5.52. The van der Waals surface area contributed by atoms with Gasteiger partial charge >= 0.3 is 0 Å².